The van der Waals surface area contributed by atoms with Crippen LogP contribution in [0.25, 0.3) is 0 Å². The third-order valence-electron chi connectivity index (χ3n) is 3.90. The fourth-order valence-corrected chi connectivity index (χ4v) is 2.68. The Morgan fingerprint density at radius 1 is 1.14 bits per heavy atom. The fourth-order valence-electron chi connectivity index (χ4n) is 2.68. The SMILES string of the molecule is O=C1CCCCN1Cc1ncnn1CCc1ccccc1. The van der Waals surface area contributed by atoms with E-state index in [9.17, 15) is 4.79 Å². The minimum atomic E-state index is 0.235. The lowest BCUT2D eigenvalue weighted by atomic mass is 10.1. The first-order valence-corrected chi connectivity index (χ1v) is 7.51. The lowest BCUT2D eigenvalue weighted by molar-refractivity contribution is -0.134. The smallest absolute Gasteiger partial charge is 0.222 e. The summed E-state index contributed by atoms with van der Waals surface area (Å²) in [5.41, 5.74) is 1.29. The van der Waals surface area contributed by atoms with E-state index in [1.54, 1.807) is 6.33 Å². The van der Waals surface area contributed by atoms with Gasteiger partial charge in [0.05, 0.1) is 6.54 Å². The number of nitrogens with zero attached hydrogens (tertiary/aromatic N) is 4. The van der Waals surface area contributed by atoms with Crippen molar-refractivity contribution in [2.45, 2.75) is 38.8 Å². The van der Waals surface area contributed by atoms with Gasteiger partial charge in [-0.1, -0.05) is 30.3 Å². The Morgan fingerprint density at radius 3 is 2.81 bits per heavy atom. The molecule has 110 valence electrons. The van der Waals surface area contributed by atoms with Crippen LogP contribution >= 0.6 is 0 Å². The first kappa shape index (κ1) is 13.8. The molecule has 21 heavy (non-hydrogen) atoms. The standard InChI is InChI=1S/C16H20N4O/c21-16-8-4-5-10-19(16)12-15-17-13-18-20(15)11-9-14-6-2-1-3-7-14/h1-3,6-7,13H,4-5,8-12H2. The Bertz CT molecular complexity index is 593. The van der Waals surface area contributed by atoms with Gasteiger partial charge in [-0.15, -0.1) is 0 Å². The summed E-state index contributed by atoms with van der Waals surface area (Å²) in [5.74, 6) is 1.11. The topological polar surface area (TPSA) is 51.0 Å². The Morgan fingerprint density at radius 2 is 2.00 bits per heavy atom. The van der Waals surface area contributed by atoms with Crippen molar-refractivity contribution < 1.29 is 4.79 Å². The summed E-state index contributed by atoms with van der Waals surface area (Å²) < 4.78 is 1.91. The molecule has 2 aromatic rings. The van der Waals surface area contributed by atoms with Gasteiger partial charge in [0.1, 0.15) is 12.2 Å². The number of carbonyl (C=O) groups is 1. The van der Waals surface area contributed by atoms with E-state index in [1.165, 1.54) is 5.56 Å². The zero-order chi connectivity index (χ0) is 14.5. The zero-order valence-corrected chi connectivity index (χ0v) is 12.1. The van der Waals surface area contributed by atoms with Crippen LogP contribution in [-0.4, -0.2) is 32.1 Å². The van der Waals surface area contributed by atoms with Crippen LogP contribution in [0, 0.1) is 0 Å². The second-order valence-electron chi connectivity index (χ2n) is 5.41. The second kappa shape index (κ2) is 6.52. The van der Waals surface area contributed by atoms with Crippen LogP contribution < -0.4 is 0 Å². The van der Waals surface area contributed by atoms with Gasteiger partial charge >= 0.3 is 0 Å². The average Bonchev–Trinajstić information content (AvgIpc) is 2.96. The van der Waals surface area contributed by atoms with E-state index in [0.717, 1.165) is 38.2 Å². The van der Waals surface area contributed by atoms with Crippen molar-refractivity contribution in [3.05, 3.63) is 48.0 Å². The molecule has 5 heteroatoms. The van der Waals surface area contributed by atoms with Crippen molar-refractivity contribution in [2.24, 2.45) is 0 Å². The molecule has 0 unspecified atom stereocenters. The molecule has 1 aliphatic heterocycles. The number of aryl methyl sites for hydroxylation is 2. The fraction of sp³-hybridized carbons (Fsp3) is 0.438. The van der Waals surface area contributed by atoms with Gasteiger partial charge in [-0.3, -0.25) is 4.79 Å². The summed E-state index contributed by atoms with van der Waals surface area (Å²) in [5, 5.41) is 4.29. The number of piperidine rings is 1. The molecule has 1 fully saturated rings. The minimum absolute atomic E-state index is 0.235. The van der Waals surface area contributed by atoms with Crippen molar-refractivity contribution in [2.75, 3.05) is 6.54 Å². The molecular weight excluding hydrogens is 264 g/mol. The van der Waals surface area contributed by atoms with Crippen molar-refractivity contribution in [3.8, 4) is 0 Å². The normalized spacial score (nSPS) is 15.4. The summed E-state index contributed by atoms with van der Waals surface area (Å²) in [6, 6.07) is 10.3. The van der Waals surface area contributed by atoms with E-state index in [-0.39, 0.29) is 5.91 Å². The minimum Gasteiger partial charge on any atom is -0.335 e. The lowest BCUT2D eigenvalue weighted by Gasteiger charge is -2.26. The third kappa shape index (κ3) is 3.48. The van der Waals surface area contributed by atoms with Gasteiger partial charge in [0.15, 0.2) is 0 Å². The van der Waals surface area contributed by atoms with Crippen LogP contribution in [0.15, 0.2) is 36.7 Å². The Kier molecular flexibility index (Phi) is 4.28. The molecule has 0 radical (unpaired) electrons. The number of rotatable bonds is 5. The number of hydrogen-bond acceptors (Lipinski definition) is 3. The summed E-state index contributed by atoms with van der Waals surface area (Å²) in [6.45, 7) is 2.21. The van der Waals surface area contributed by atoms with Gasteiger partial charge < -0.3 is 4.90 Å². The summed E-state index contributed by atoms with van der Waals surface area (Å²) in [6.07, 6.45) is 5.26. The van der Waals surface area contributed by atoms with E-state index in [1.807, 2.05) is 27.8 Å². The van der Waals surface area contributed by atoms with Crippen LogP contribution in [0.5, 0.6) is 0 Å². The van der Waals surface area contributed by atoms with Crippen LogP contribution in [0.2, 0.25) is 0 Å². The largest absolute Gasteiger partial charge is 0.335 e. The predicted octanol–water partition coefficient (Wildman–Crippen LogP) is 2.03. The van der Waals surface area contributed by atoms with E-state index in [4.69, 9.17) is 0 Å². The molecule has 1 saturated heterocycles. The zero-order valence-electron chi connectivity index (χ0n) is 12.1. The van der Waals surface area contributed by atoms with Crippen molar-refractivity contribution in [1.29, 1.82) is 0 Å². The first-order chi connectivity index (χ1) is 10.3. The van der Waals surface area contributed by atoms with Gasteiger partial charge in [-0.05, 0) is 24.8 Å². The second-order valence-corrected chi connectivity index (χ2v) is 5.41. The van der Waals surface area contributed by atoms with Crippen molar-refractivity contribution >= 4 is 5.91 Å². The number of hydrogen-bond donors (Lipinski definition) is 0. The summed E-state index contributed by atoms with van der Waals surface area (Å²) in [4.78, 5) is 18.1. The molecule has 0 bridgehead atoms. The molecule has 1 aromatic heterocycles. The molecule has 0 atom stereocenters. The quantitative estimate of drug-likeness (QED) is 0.844. The molecule has 1 aliphatic rings. The summed E-state index contributed by atoms with van der Waals surface area (Å²) >= 11 is 0. The Labute approximate surface area is 124 Å². The molecule has 0 spiro atoms. The highest BCUT2D eigenvalue weighted by Crippen LogP contribution is 2.13. The third-order valence-corrected chi connectivity index (χ3v) is 3.90. The molecule has 1 aromatic carbocycles. The summed E-state index contributed by atoms with van der Waals surface area (Å²) in [7, 11) is 0. The van der Waals surface area contributed by atoms with Crippen LogP contribution in [0.3, 0.4) is 0 Å². The van der Waals surface area contributed by atoms with Gasteiger partial charge in [-0.25, -0.2) is 9.67 Å². The number of carbonyl (C=O) groups excluding carboxylic acids is 1. The molecule has 0 N–H and O–H groups in total. The van der Waals surface area contributed by atoms with E-state index in [0.29, 0.717) is 13.0 Å². The van der Waals surface area contributed by atoms with E-state index in [2.05, 4.69) is 22.2 Å². The van der Waals surface area contributed by atoms with E-state index < -0.39 is 0 Å². The number of amides is 1. The molecule has 0 saturated carbocycles. The maximum Gasteiger partial charge on any atom is 0.222 e. The molecule has 2 heterocycles. The van der Waals surface area contributed by atoms with Crippen LogP contribution in [0.4, 0.5) is 0 Å². The Hall–Kier alpha value is -2.17. The van der Waals surface area contributed by atoms with Crippen molar-refractivity contribution in [3.63, 3.8) is 0 Å². The molecular formula is C16H20N4O. The highest BCUT2D eigenvalue weighted by atomic mass is 16.2. The van der Waals surface area contributed by atoms with E-state index >= 15 is 0 Å². The number of aromatic nitrogens is 3. The average molecular weight is 284 g/mol. The predicted molar refractivity (Wildman–Crippen MR) is 79.4 cm³/mol. The maximum atomic E-state index is 11.9. The molecule has 3 rings (SSSR count). The van der Waals surface area contributed by atoms with Crippen LogP contribution in [0.1, 0.15) is 30.7 Å². The maximum absolute atomic E-state index is 11.9. The van der Waals surface area contributed by atoms with Crippen LogP contribution in [-0.2, 0) is 24.3 Å². The number of likely N-dealkylation sites (tertiary alicyclic amines) is 1. The lowest BCUT2D eigenvalue weighted by Crippen LogP contribution is -2.35. The van der Waals surface area contributed by atoms with Crippen molar-refractivity contribution in [1.82, 2.24) is 19.7 Å². The van der Waals surface area contributed by atoms with Gasteiger partial charge in [-0.2, -0.15) is 5.10 Å². The Balaban J connectivity index is 1.62. The van der Waals surface area contributed by atoms with Gasteiger partial charge in [0.25, 0.3) is 0 Å². The molecule has 5 nitrogen and oxygen atoms in total. The highest BCUT2D eigenvalue weighted by Gasteiger charge is 2.20. The van der Waals surface area contributed by atoms with Gasteiger partial charge in [0, 0.05) is 19.5 Å². The molecule has 0 aliphatic carbocycles. The highest BCUT2D eigenvalue weighted by molar-refractivity contribution is 5.76. The monoisotopic (exact) mass is 284 g/mol. The number of benzene rings is 1. The van der Waals surface area contributed by atoms with Gasteiger partial charge in [0.2, 0.25) is 5.91 Å². The first-order valence-electron chi connectivity index (χ1n) is 7.51. The molecule has 1 amide bonds.